The number of carbonyl (C=O) groups is 1. The number of morpholine rings is 1. The quantitative estimate of drug-likeness (QED) is 0.863. The van der Waals surface area contributed by atoms with Gasteiger partial charge in [0.15, 0.2) is 0 Å². The molecule has 1 N–H and O–H groups in total. The molecule has 26 heavy (non-hydrogen) atoms. The van der Waals surface area contributed by atoms with E-state index in [1.165, 1.54) is 10.4 Å². The molecule has 1 aliphatic heterocycles. The van der Waals surface area contributed by atoms with E-state index in [1.54, 1.807) is 0 Å². The van der Waals surface area contributed by atoms with Crippen molar-refractivity contribution in [2.24, 2.45) is 5.92 Å². The lowest BCUT2D eigenvalue weighted by molar-refractivity contribution is 0.0730. The monoisotopic (exact) mass is 384 g/mol. The SMILES string of the molecule is C[C@@H]1CCCC[C@@H]1NC(=O)c1cc(S(=O)(=O)N2CCOCC2)ccc1F. The molecule has 0 radical (unpaired) electrons. The van der Waals surface area contributed by atoms with Crippen LogP contribution in [0.4, 0.5) is 4.39 Å². The van der Waals surface area contributed by atoms with Crippen molar-refractivity contribution in [3.8, 4) is 0 Å². The Bertz CT molecular complexity index is 762. The van der Waals surface area contributed by atoms with Crippen LogP contribution in [0.5, 0.6) is 0 Å². The van der Waals surface area contributed by atoms with E-state index in [1.807, 2.05) is 0 Å². The summed E-state index contributed by atoms with van der Waals surface area (Å²) in [5.74, 6) is -0.941. The first-order chi connectivity index (χ1) is 12.4. The van der Waals surface area contributed by atoms with Crippen LogP contribution in [-0.4, -0.2) is 51.0 Å². The number of rotatable bonds is 4. The summed E-state index contributed by atoms with van der Waals surface area (Å²) >= 11 is 0. The molecule has 1 saturated heterocycles. The first kappa shape index (κ1) is 19.3. The molecule has 1 aromatic carbocycles. The molecule has 1 aromatic rings. The summed E-state index contributed by atoms with van der Waals surface area (Å²) in [6.07, 6.45) is 4.05. The number of amides is 1. The Morgan fingerprint density at radius 3 is 2.62 bits per heavy atom. The molecule has 2 aliphatic rings. The van der Waals surface area contributed by atoms with Gasteiger partial charge >= 0.3 is 0 Å². The van der Waals surface area contributed by atoms with E-state index in [0.717, 1.165) is 37.8 Å². The van der Waals surface area contributed by atoms with E-state index < -0.39 is 21.7 Å². The maximum Gasteiger partial charge on any atom is 0.254 e. The Hall–Kier alpha value is -1.51. The molecule has 1 heterocycles. The molecule has 0 bridgehead atoms. The zero-order valence-electron chi connectivity index (χ0n) is 14.9. The van der Waals surface area contributed by atoms with Crippen LogP contribution in [0.25, 0.3) is 0 Å². The summed E-state index contributed by atoms with van der Waals surface area (Å²) in [5, 5.41) is 2.88. The number of halogens is 1. The number of nitrogens with zero attached hydrogens (tertiary/aromatic N) is 1. The van der Waals surface area contributed by atoms with Gasteiger partial charge in [-0.3, -0.25) is 4.79 Å². The van der Waals surface area contributed by atoms with Crippen LogP contribution in [-0.2, 0) is 14.8 Å². The topological polar surface area (TPSA) is 75.7 Å². The highest BCUT2D eigenvalue weighted by Crippen LogP contribution is 2.25. The molecule has 2 fully saturated rings. The van der Waals surface area contributed by atoms with Gasteiger partial charge in [0.1, 0.15) is 5.82 Å². The molecule has 3 rings (SSSR count). The van der Waals surface area contributed by atoms with Crippen molar-refractivity contribution >= 4 is 15.9 Å². The van der Waals surface area contributed by atoms with Crippen LogP contribution in [0.2, 0.25) is 0 Å². The van der Waals surface area contributed by atoms with Gasteiger partial charge in [0.05, 0.1) is 23.7 Å². The van der Waals surface area contributed by atoms with E-state index in [0.29, 0.717) is 19.1 Å². The maximum atomic E-state index is 14.2. The Morgan fingerprint density at radius 1 is 1.23 bits per heavy atom. The van der Waals surface area contributed by atoms with Crippen molar-refractivity contribution in [3.05, 3.63) is 29.6 Å². The van der Waals surface area contributed by atoms with E-state index in [-0.39, 0.29) is 29.6 Å². The number of sulfonamides is 1. The third kappa shape index (κ3) is 4.07. The summed E-state index contributed by atoms with van der Waals surface area (Å²) in [4.78, 5) is 12.5. The van der Waals surface area contributed by atoms with Crippen LogP contribution >= 0.6 is 0 Å². The Balaban J connectivity index is 1.81. The average Bonchev–Trinajstić information content (AvgIpc) is 2.64. The van der Waals surface area contributed by atoms with Crippen LogP contribution in [0.3, 0.4) is 0 Å². The molecule has 1 aliphatic carbocycles. The van der Waals surface area contributed by atoms with Gasteiger partial charge in [-0.25, -0.2) is 12.8 Å². The van der Waals surface area contributed by atoms with Gasteiger partial charge in [-0.2, -0.15) is 4.31 Å². The number of ether oxygens (including phenoxy) is 1. The number of carbonyl (C=O) groups excluding carboxylic acids is 1. The summed E-state index contributed by atoms with van der Waals surface area (Å²) in [7, 11) is -3.77. The van der Waals surface area contributed by atoms with Crippen LogP contribution in [0.15, 0.2) is 23.1 Å². The van der Waals surface area contributed by atoms with Crippen molar-refractivity contribution in [1.29, 1.82) is 0 Å². The fourth-order valence-electron chi connectivity index (χ4n) is 3.55. The van der Waals surface area contributed by atoms with Gasteiger partial charge in [-0.05, 0) is 37.0 Å². The second-order valence-corrected chi connectivity index (χ2v) is 8.94. The third-order valence-electron chi connectivity index (χ3n) is 5.22. The lowest BCUT2D eigenvalue weighted by atomic mass is 9.86. The highest BCUT2D eigenvalue weighted by atomic mass is 32.2. The number of hydrogen-bond donors (Lipinski definition) is 1. The lowest BCUT2D eigenvalue weighted by Gasteiger charge is -2.29. The molecular weight excluding hydrogens is 359 g/mol. The smallest absolute Gasteiger partial charge is 0.254 e. The van der Waals surface area contributed by atoms with Crippen LogP contribution < -0.4 is 5.32 Å². The summed E-state index contributed by atoms with van der Waals surface area (Å²) < 4.78 is 46.2. The molecule has 8 heteroatoms. The molecule has 0 unspecified atom stereocenters. The van der Waals surface area contributed by atoms with Gasteiger partial charge in [-0.1, -0.05) is 19.8 Å². The van der Waals surface area contributed by atoms with E-state index in [4.69, 9.17) is 4.74 Å². The first-order valence-corrected chi connectivity index (χ1v) is 10.5. The van der Waals surface area contributed by atoms with Gasteiger partial charge in [0.2, 0.25) is 10.0 Å². The van der Waals surface area contributed by atoms with E-state index in [2.05, 4.69) is 12.2 Å². The molecule has 1 saturated carbocycles. The molecule has 1 amide bonds. The van der Waals surface area contributed by atoms with Crippen molar-refractivity contribution < 1.29 is 22.3 Å². The summed E-state index contributed by atoms with van der Waals surface area (Å²) in [5.41, 5.74) is -0.225. The minimum atomic E-state index is -3.77. The third-order valence-corrected chi connectivity index (χ3v) is 7.11. The Labute approximate surface area is 153 Å². The van der Waals surface area contributed by atoms with E-state index >= 15 is 0 Å². The average molecular weight is 384 g/mol. The predicted molar refractivity (Wildman–Crippen MR) is 94.9 cm³/mol. The summed E-state index contributed by atoms with van der Waals surface area (Å²) in [6.45, 7) is 3.22. The van der Waals surface area contributed by atoms with Gasteiger partial charge in [0, 0.05) is 19.1 Å². The van der Waals surface area contributed by atoms with Crippen molar-refractivity contribution in [2.75, 3.05) is 26.3 Å². The molecule has 0 aromatic heterocycles. The fraction of sp³-hybridized carbons (Fsp3) is 0.611. The standard InChI is InChI=1S/C18H25FN2O4S/c1-13-4-2-3-5-17(13)20-18(22)15-12-14(6-7-16(15)19)26(23,24)21-8-10-25-11-9-21/h6-7,12-13,17H,2-5,8-11H2,1H3,(H,20,22)/t13-,17+/m1/s1. The minimum Gasteiger partial charge on any atom is -0.379 e. The minimum absolute atomic E-state index is 0.00448. The van der Waals surface area contributed by atoms with Crippen LogP contribution in [0, 0.1) is 11.7 Å². The van der Waals surface area contributed by atoms with Crippen LogP contribution in [0.1, 0.15) is 43.0 Å². The highest BCUT2D eigenvalue weighted by molar-refractivity contribution is 7.89. The van der Waals surface area contributed by atoms with Gasteiger partial charge < -0.3 is 10.1 Å². The fourth-order valence-corrected chi connectivity index (χ4v) is 4.99. The lowest BCUT2D eigenvalue weighted by Crippen LogP contribution is -2.42. The zero-order chi connectivity index (χ0) is 18.7. The molecule has 6 nitrogen and oxygen atoms in total. The highest BCUT2D eigenvalue weighted by Gasteiger charge is 2.29. The number of hydrogen-bond acceptors (Lipinski definition) is 4. The second kappa shape index (κ2) is 8.02. The largest absolute Gasteiger partial charge is 0.379 e. The Kier molecular flexibility index (Phi) is 5.94. The molecule has 144 valence electrons. The van der Waals surface area contributed by atoms with Crippen molar-refractivity contribution in [3.63, 3.8) is 0 Å². The second-order valence-electron chi connectivity index (χ2n) is 7.00. The summed E-state index contributed by atoms with van der Waals surface area (Å²) in [6, 6.07) is 3.39. The number of benzene rings is 1. The predicted octanol–water partition coefficient (Wildman–Crippen LogP) is 2.16. The maximum absolute atomic E-state index is 14.2. The van der Waals surface area contributed by atoms with E-state index in [9.17, 15) is 17.6 Å². The zero-order valence-corrected chi connectivity index (χ0v) is 15.7. The van der Waals surface area contributed by atoms with Gasteiger partial charge in [0.25, 0.3) is 5.91 Å². The van der Waals surface area contributed by atoms with Crippen molar-refractivity contribution in [1.82, 2.24) is 9.62 Å². The molecule has 0 spiro atoms. The van der Waals surface area contributed by atoms with Gasteiger partial charge in [-0.15, -0.1) is 0 Å². The number of nitrogens with one attached hydrogen (secondary N) is 1. The Morgan fingerprint density at radius 2 is 1.92 bits per heavy atom. The molecule has 2 atom stereocenters. The molecular formula is C18H25FN2O4S. The first-order valence-electron chi connectivity index (χ1n) is 9.08. The normalized spacial score (nSPS) is 25.0. The van der Waals surface area contributed by atoms with Crippen molar-refractivity contribution in [2.45, 2.75) is 43.5 Å².